The number of hydrogen-bond acceptors (Lipinski definition) is 4. The van der Waals surface area contributed by atoms with Gasteiger partial charge in [0.25, 0.3) is 0 Å². The summed E-state index contributed by atoms with van der Waals surface area (Å²) < 4.78 is 12.1. The van der Waals surface area contributed by atoms with E-state index in [0.29, 0.717) is 29.1 Å². The standard InChI is InChI=1S/C20H20ClNO4/c1-13-5-6-14(2)18(11-13)25-10-4-3-9-22-17-8-7-15(21)12-16(17)19(23)26-20(22)24/h5-8,11-12H,3-4,9-10H2,1-2H3. The molecule has 1 heterocycles. The quantitative estimate of drug-likeness (QED) is 0.611. The van der Waals surface area contributed by atoms with Gasteiger partial charge < -0.3 is 9.15 Å². The predicted molar refractivity (Wildman–Crippen MR) is 102 cm³/mol. The monoisotopic (exact) mass is 373 g/mol. The molecule has 0 radical (unpaired) electrons. The Morgan fingerprint density at radius 3 is 2.69 bits per heavy atom. The van der Waals surface area contributed by atoms with Crippen molar-refractivity contribution in [3.05, 3.63) is 73.5 Å². The van der Waals surface area contributed by atoms with E-state index in [2.05, 4.69) is 6.07 Å². The Hall–Kier alpha value is -2.53. The molecule has 0 unspecified atom stereocenters. The number of unbranched alkanes of at least 4 members (excludes halogenated alkanes) is 1. The maximum atomic E-state index is 12.0. The molecule has 0 bridgehead atoms. The lowest BCUT2D eigenvalue weighted by Gasteiger charge is -2.11. The molecule has 0 spiro atoms. The number of nitrogens with zero attached hydrogens (tertiary/aromatic N) is 1. The van der Waals surface area contributed by atoms with E-state index in [1.54, 1.807) is 12.1 Å². The Morgan fingerprint density at radius 2 is 1.88 bits per heavy atom. The Balaban J connectivity index is 1.66. The van der Waals surface area contributed by atoms with Gasteiger partial charge in [0.15, 0.2) is 0 Å². The summed E-state index contributed by atoms with van der Waals surface area (Å²) in [6.45, 7) is 5.04. The second kappa shape index (κ2) is 7.79. The SMILES string of the molecule is Cc1ccc(C)c(OCCCCn2c(=O)oc(=O)c3cc(Cl)ccc32)c1. The van der Waals surface area contributed by atoms with E-state index in [1.165, 1.54) is 10.6 Å². The molecule has 5 nitrogen and oxygen atoms in total. The molecule has 0 amide bonds. The van der Waals surface area contributed by atoms with Gasteiger partial charge in [0.1, 0.15) is 5.75 Å². The van der Waals surface area contributed by atoms with Gasteiger partial charge in [-0.05, 0) is 62.1 Å². The second-order valence-corrected chi connectivity index (χ2v) is 6.73. The molecule has 0 fully saturated rings. The summed E-state index contributed by atoms with van der Waals surface area (Å²) in [5, 5.41) is 0.737. The van der Waals surface area contributed by atoms with E-state index in [9.17, 15) is 9.59 Å². The fourth-order valence-corrected chi connectivity index (χ4v) is 3.00. The van der Waals surface area contributed by atoms with Crippen LogP contribution in [0, 0.1) is 13.8 Å². The fourth-order valence-electron chi connectivity index (χ4n) is 2.82. The number of halogens is 1. The van der Waals surface area contributed by atoms with E-state index in [0.717, 1.165) is 29.7 Å². The largest absolute Gasteiger partial charge is 0.493 e. The van der Waals surface area contributed by atoms with Crippen LogP contribution in [0.25, 0.3) is 10.9 Å². The van der Waals surface area contributed by atoms with Crippen LogP contribution in [0.1, 0.15) is 24.0 Å². The van der Waals surface area contributed by atoms with E-state index in [1.807, 2.05) is 26.0 Å². The first-order chi connectivity index (χ1) is 12.5. The van der Waals surface area contributed by atoms with Gasteiger partial charge in [0.2, 0.25) is 0 Å². The Bertz CT molecular complexity index is 1050. The summed E-state index contributed by atoms with van der Waals surface area (Å²) in [7, 11) is 0. The van der Waals surface area contributed by atoms with Crippen molar-refractivity contribution >= 4 is 22.5 Å². The third kappa shape index (κ3) is 3.99. The van der Waals surface area contributed by atoms with Crippen LogP contribution < -0.4 is 16.1 Å². The highest BCUT2D eigenvalue weighted by Gasteiger charge is 2.10. The summed E-state index contributed by atoms with van der Waals surface area (Å²) in [4.78, 5) is 23.9. The van der Waals surface area contributed by atoms with Crippen molar-refractivity contribution in [2.24, 2.45) is 0 Å². The zero-order valence-corrected chi connectivity index (χ0v) is 15.5. The lowest BCUT2D eigenvalue weighted by Crippen LogP contribution is -2.25. The van der Waals surface area contributed by atoms with Crippen molar-refractivity contribution in [2.75, 3.05) is 6.61 Å². The fraction of sp³-hybridized carbons (Fsp3) is 0.300. The van der Waals surface area contributed by atoms with Gasteiger partial charge in [-0.25, -0.2) is 9.59 Å². The van der Waals surface area contributed by atoms with Gasteiger partial charge in [0, 0.05) is 11.6 Å². The second-order valence-electron chi connectivity index (χ2n) is 6.29. The normalized spacial score (nSPS) is 11.0. The first kappa shape index (κ1) is 18.3. The maximum absolute atomic E-state index is 12.0. The van der Waals surface area contributed by atoms with Gasteiger partial charge >= 0.3 is 11.4 Å². The lowest BCUT2D eigenvalue weighted by molar-refractivity contribution is 0.299. The number of hydrogen-bond donors (Lipinski definition) is 0. The van der Waals surface area contributed by atoms with Crippen LogP contribution in [-0.2, 0) is 6.54 Å². The van der Waals surface area contributed by atoms with Gasteiger partial charge in [-0.15, -0.1) is 0 Å². The number of aryl methyl sites for hydroxylation is 3. The Kier molecular flexibility index (Phi) is 5.47. The van der Waals surface area contributed by atoms with Crippen molar-refractivity contribution in [2.45, 2.75) is 33.2 Å². The summed E-state index contributed by atoms with van der Waals surface area (Å²) >= 11 is 5.93. The van der Waals surface area contributed by atoms with E-state index in [-0.39, 0.29) is 0 Å². The minimum absolute atomic E-state index is 0.309. The molecule has 0 atom stereocenters. The molecule has 26 heavy (non-hydrogen) atoms. The predicted octanol–water partition coefficient (Wildman–Crippen LogP) is 4.08. The van der Waals surface area contributed by atoms with Crippen LogP contribution >= 0.6 is 11.6 Å². The van der Waals surface area contributed by atoms with E-state index in [4.69, 9.17) is 20.8 Å². The van der Waals surface area contributed by atoms with Gasteiger partial charge in [0.05, 0.1) is 17.5 Å². The third-order valence-electron chi connectivity index (χ3n) is 4.25. The van der Waals surface area contributed by atoms with E-state index >= 15 is 0 Å². The average molecular weight is 374 g/mol. The highest BCUT2D eigenvalue weighted by molar-refractivity contribution is 6.31. The summed E-state index contributed by atoms with van der Waals surface area (Å²) in [5.74, 6) is 0.230. The zero-order chi connectivity index (χ0) is 18.7. The minimum atomic E-state index is -0.665. The molecule has 0 saturated carbocycles. The molecule has 136 valence electrons. The van der Waals surface area contributed by atoms with Crippen LogP contribution in [0.3, 0.4) is 0 Å². The van der Waals surface area contributed by atoms with Crippen molar-refractivity contribution in [1.82, 2.24) is 4.57 Å². The van der Waals surface area contributed by atoms with Crippen molar-refractivity contribution in [3.63, 3.8) is 0 Å². The topological polar surface area (TPSA) is 61.4 Å². The third-order valence-corrected chi connectivity index (χ3v) is 4.48. The highest BCUT2D eigenvalue weighted by Crippen LogP contribution is 2.19. The number of aromatic nitrogens is 1. The van der Waals surface area contributed by atoms with E-state index < -0.39 is 11.4 Å². The van der Waals surface area contributed by atoms with Crippen molar-refractivity contribution in [1.29, 1.82) is 0 Å². The van der Waals surface area contributed by atoms with Gasteiger partial charge in [-0.2, -0.15) is 0 Å². The molecular weight excluding hydrogens is 354 g/mol. The number of ether oxygens (including phenoxy) is 1. The molecular formula is C20H20ClNO4. The lowest BCUT2D eigenvalue weighted by atomic mass is 10.1. The molecule has 3 aromatic rings. The summed E-state index contributed by atoms with van der Waals surface area (Å²) in [5.41, 5.74) is 2.12. The average Bonchev–Trinajstić information content (AvgIpc) is 2.60. The molecule has 1 aromatic heterocycles. The molecule has 2 aromatic carbocycles. The smallest absolute Gasteiger partial charge is 0.422 e. The zero-order valence-electron chi connectivity index (χ0n) is 14.8. The molecule has 3 rings (SSSR count). The Morgan fingerprint density at radius 1 is 1.08 bits per heavy atom. The Labute approximate surface area is 155 Å². The van der Waals surface area contributed by atoms with Crippen molar-refractivity contribution < 1.29 is 9.15 Å². The van der Waals surface area contributed by atoms with Gasteiger partial charge in [-0.3, -0.25) is 4.57 Å². The summed E-state index contributed by atoms with van der Waals surface area (Å²) in [6, 6.07) is 10.9. The molecule has 0 saturated heterocycles. The first-order valence-electron chi connectivity index (χ1n) is 8.49. The molecule has 0 aliphatic heterocycles. The summed E-state index contributed by atoms with van der Waals surface area (Å²) in [6.07, 6.45) is 1.49. The molecule has 0 N–H and O–H groups in total. The van der Waals surface area contributed by atoms with Crippen LogP contribution in [0.15, 0.2) is 50.4 Å². The van der Waals surface area contributed by atoms with Crippen LogP contribution in [-0.4, -0.2) is 11.2 Å². The molecule has 0 aliphatic carbocycles. The first-order valence-corrected chi connectivity index (χ1v) is 8.87. The number of rotatable bonds is 6. The molecule has 6 heteroatoms. The minimum Gasteiger partial charge on any atom is -0.493 e. The number of benzene rings is 2. The van der Waals surface area contributed by atoms with Crippen LogP contribution in [0.2, 0.25) is 5.02 Å². The highest BCUT2D eigenvalue weighted by atomic mass is 35.5. The van der Waals surface area contributed by atoms with Crippen molar-refractivity contribution in [3.8, 4) is 5.75 Å². The van der Waals surface area contributed by atoms with Gasteiger partial charge in [-0.1, -0.05) is 23.7 Å². The number of fused-ring (bicyclic) bond motifs is 1. The molecule has 0 aliphatic rings. The maximum Gasteiger partial charge on any atom is 0.422 e. The van der Waals surface area contributed by atoms with Crippen LogP contribution in [0.4, 0.5) is 0 Å². The van der Waals surface area contributed by atoms with Crippen LogP contribution in [0.5, 0.6) is 5.75 Å².